The molecule has 1 heterocycles. The largest absolute Gasteiger partial charge is 0.375 e. The van der Waals surface area contributed by atoms with Crippen LogP contribution in [0.5, 0.6) is 0 Å². The lowest BCUT2D eigenvalue weighted by molar-refractivity contribution is -0.147. The van der Waals surface area contributed by atoms with Crippen molar-refractivity contribution in [2.75, 3.05) is 13.7 Å². The highest BCUT2D eigenvalue weighted by molar-refractivity contribution is 6.35. The Hall–Kier alpha value is -0.280. The zero-order valence-electron chi connectivity index (χ0n) is 11.8. The molecule has 1 aliphatic heterocycles. The van der Waals surface area contributed by atoms with Crippen LogP contribution in [0.4, 0.5) is 0 Å². The van der Waals surface area contributed by atoms with Gasteiger partial charge in [-0.05, 0) is 62.8 Å². The minimum absolute atomic E-state index is 0.164. The van der Waals surface area contributed by atoms with Crippen molar-refractivity contribution >= 4 is 23.2 Å². The van der Waals surface area contributed by atoms with Gasteiger partial charge in [0.05, 0.1) is 5.60 Å². The molecule has 1 saturated carbocycles. The van der Waals surface area contributed by atoms with E-state index in [2.05, 4.69) is 11.4 Å². The smallest absolute Gasteiger partial charge is 0.0686 e. The summed E-state index contributed by atoms with van der Waals surface area (Å²) >= 11 is 12.4. The molecular weight excluding hydrogens is 293 g/mol. The highest BCUT2D eigenvalue weighted by Crippen LogP contribution is 2.47. The van der Waals surface area contributed by atoms with E-state index in [-0.39, 0.29) is 11.6 Å². The Balaban J connectivity index is 1.81. The van der Waals surface area contributed by atoms with Gasteiger partial charge in [0, 0.05) is 22.7 Å². The normalized spacial score (nSPS) is 26.2. The molecule has 1 N–H and O–H groups in total. The fourth-order valence-electron chi connectivity index (χ4n) is 3.67. The van der Waals surface area contributed by atoms with E-state index < -0.39 is 0 Å². The Bertz CT molecular complexity index is 487. The third kappa shape index (κ3) is 2.71. The standard InChI is InChI=1S/C16H21Cl2NO/c1-19-15(13-4-3-12(17)9-14(13)18)11-5-8-20-16(10-11)6-2-7-16/h3-4,9,11,15,19H,2,5-8,10H2,1H3. The summed E-state index contributed by atoms with van der Waals surface area (Å²) in [6.45, 7) is 0.869. The minimum atomic E-state index is 0.164. The molecular formula is C16H21Cl2NO. The van der Waals surface area contributed by atoms with Gasteiger partial charge < -0.3 is 10.1 Å². The summed E-state index contributed by atoms with van der Waals surface area (Å²) < 4.78 is 6.03. The van der Waals surface area contributed by atoms with Crippen molar-refractivity contribution in [2.24, 2.45) is 5.92 Å². The average molecular weight is 314 g/mol. The van der Waals surface area contributed by atoms with Gasteiger partial charge in [-0.1, -0.05) is 29.3 Å². The molecule has 1 saturated heterocycles. The Kier molecular flexibility index (Phi) is 4.28. The Morgan fingerprint density at radius 2 is 2.15 bits per heavy atom. The molecule has 2 fully saturated rings. The second-order valence-corrected chi connectivity index (χ2v) is 6.91. The number of halogens is 2. The first-order chi connectivity index (χ1) is 9.63. The molecule has 4 heteroatoms. The maximum Gasteiger partial charge on any atom is 0.0686 e. The van der Waals surface area contributed by atoms with Crippen molar-refractivity contribution in [3.8, 4) is 0 Å². The van der Waals surface area contributed by atoms with E-state index in [0.29, 0.717) is 10.9 Å². The number of nitrogens with one attached hydrogen (secondary N) is 1. The lowest BCUT2D eigenvalue weighted by Gasteiger charge is -2.49. The van der Waals surface area contributed by atoms with Crippen LogP contribution in [0, 0.1) is 5.92 Å². The molecule has 2 atom stereocenters. The van der Waals surface area contributed by atoms with E-state index in [4.69, 9.17) is 27.9 Å². The summed E-state index contributed by atoms with van der Waals surface area (Å²) in [7, 11) is 2.01. The van der Waals surface area contributed by atoms with Crippen molar-refractivity contribution in [3.63, 3.8) is 0 Å². The van der Waals surface area contributed by atoms with Crippen molar-refractivity contribution in [1.29, 1.82) is 0 Å². The molecule has 110 valence electrons. The van der Waals surface area contributed by atoms with Crippen LogP contribution in [0.2, 0.25) is 10.0 Å². The van der Waals surface area contributed by atoms with Crippen molar-refractivity contribution in [2.45, 2.75) is 43.7 Å². The summed E-state index contributed by atoms with van der Waals surface area (Å²) in [6, 6.07) is 6.09. The van der Waals surface area contributed by atoms with Gasteiger partial charge in [-0.25, -0.2) is 0 Å². The van der Waals surface area contributed by atoms with Crippen LogP contribution in [-0.2, 0) is 4.74 Å². The number of rotatable bonds is 3. The third-order valence-electron chi connectivity index (χ3n) is 4.88. The van der Waals surface area contributed by atoms with Crippen molar-refractivity contribution in [3.05, 3.63) is 33.8 Å². The molecule has 2 aliphatic rings. The molecule has 0 amide bonds. The molecule has 1 spiro atoms. The van der Waals surface area contributed by atoms with Gasteiger partial charge in [0.25, 0.3) is 0 Å². The quantitative estimate of drug-likeness (QED) is 0.880. The molecule has 1 aromatic rings. The van der Waals surface area contributed by atoms with Crippen LogP contribution < -0.4 is 5.32 Å². The molecule has 2 nitrogen and oxygen atoms in total. The van der Waals surface area contributed by atoms with Crippen LogP contribution >= 0.6 is 23.2 Å². The van der Waals surface area contributed by atoms with E-state index in [1.165, 1.54) is 19.3 Å². The Morgan fingerprint density at radius 1 is 1.35 bits per heavy atom. The first-order valence-electron chi connectivity index (χ1n) is 7.40. The molecule has 0 aromatic heterocycles. The number of hydrogen-bond acceptors (Lipinski definition) is 2. The van der Waals surface area contributed by atoms with Crippen LogP contribution in [-0.4, -0.2) is 19.3 Å². The van der Waals surface area contributed by atoms with E-state index in [1.54, 1.807) is 0 Å². The van der Waals surface area contributed by atoms with E-state index in [9.17, 15) is 0 Å². The van der Waals surface area contributed by atoms with Crippen LogP contribution in [0.3, 0.4) is 0 Å². The van der Waals surface area contributed by atoms with Gasteiger partial charge in [-0.15, -0.1) is 0 Å². The van der Waals surface area contributed by atoms with Gasteiger partial charge in [0.2, 0.25) is 0 Å². The Labute approximate surface area is 130 Å². The second kappa shape index (κ2) is 5.84. The molecule has 0 radical (unpaired) electrons. The number of ether oxygens (including phenoxy) is 1. The van der Waals surface area contributed by atoms with Crippen LogP contribution in [0.1, 0.15) is 43.7 Å². The zero-order valence-corrected chi connectivity index (χ0v) is 13.3. The first-order valence-corrected chi connectivity index (χ1v) is 8.15. The summed E-state index contributed by atoms with van der Waals surface area (Å²) in [6.07, 6.45) is 5.96. The third-order valence-corrected chi connectivity index (χ3v) is 5.44. The zero-order chi connectivity index (χ0) is 14.2. The highest BCUT2D eigenvalue weighted by atomic mass is 35.5. The maximum atomic E-state index is 6.39. The summed E-state index contributed by atoms with van der Waals surface area (Å²) in [4.78, 5) is 0. The molecule has 2 unspecified atom stereocenters. The lowest BCUT2D eigenvalue weighted by atomic mass is 9.69. The second-order valence-electron chi connectivity index (χ2n) is 6.07. The number of hydrogen-bond donors (Lipinski definition) is 1. The summed E-state index contributed by atoms with van der Waals surface area (Å²) in [5.41, 5.74) is 1.32. The number of benzene rings is 1. The lowest BCUT2D eigenvalue weighted by Crippen LogP contribution is -2.47. The van der Waals surface area contributed by atoms with Crippen molar-refractivity contribution in [1.82, 2.24) is 5.32 Å². The first kappa shape index (κ1) is 14.6. The van der Waals surface area contributed by atoms with E-state index >= 15 is 0 Å². The fourth-order valence-corrected chi connectivity index (χ4v) is 4.19. The topological polar surface area (TPSA) is 21.3 Å². The van der Waals surface area contributed by atoms with Crippen LogP contribution in [0.25, 0.3) is 0 Å². The summed E-state index contributed by atoms with van der Waals surface area (Å²) in [5, 5.41) is 4.90. The molecule has 0 bridgehead atoms. The fraction of sp³-hybridized carbons (Fsp3) is 0.625. The van der Waals surface area contributed by atoms with Gasteiger partial charge in [0.1, 0.15) is 0 Å². The van der Waals surface area contributed by atoms with Crippen LogP contribution in [0.15, 0.2) is 18.2 Å². The molecule has 3 rings (SSSR count). The average Bonchev–Trinajstić information content (AvgIpc) is 2.40. The van der Waals surface area contributed by atoms with Gasteiger partial charge >= 0.3 is 0 Å². The maximum absolute atomic E-state index is 6.39. The Morgan fingerprint density at radius 3 is 2.75 bits per heavy atom. The molecule has 1 aliphatic carbocycles. The van der Waals surface area contributed by atoms with E-state index in [1.807, 2.05) is 19.2 Å². The van der Waals surface area contributed by atoms with Gasteiger partial charge in [0.15, 0.2) is 0 Å². The van der Waals surface area contributed by atoms with Gasteiger partial charge in [-0.3, -0.25) is 0 Å². The minimum Gasteiger partial charge on any atom is -0.375 e. The predicted molar refractivity (Wildman–Crippen MR) is 83.5 cm³/mol. The molecule has 20 heavy (non-hydrogen) atoms. The van der Waals surface area contributed by atoms with Crippen molar-refractivity contribution < 1.29 is 4.74 Å². The monoisotopic (exact) mass is 313 g/mol. The van der Waals surface area contributed by atoms with Gasteiger partial charge in [-0.2, -0.15) is 0 Å². The predicted octanol–water partition coefficient (Wildman–Crippen LogP) is 4.60. The molecule has 1 aromatic carbocycles. The SMILES string of the molecule is CNC(c1ccc(Cl)cc1Cl)C1CCOC2(CCC2)C1. The highest BCUT2D eigenvalue weighted by Gasteiger charge is 2.44. The van der Waals surface area contributed by atoms with E-state index in [0.717, 1.165) is 30.0 Å². The summed E-state index contributed by atoms with van der Waals surface area (Å²) in [5.74, 6) is 0.577.